The van der Waals surface area contributed by atoms with Gasteiger partial charge in [-0.05, 0) is 25.7 Å². The molecule has 2 saturated carbocycles. The lowest BCUT2D eigenvalue weighted by Gasteiger charge is -2.00. The van der Waals surface area contributed by atoms with Crippen molar-refractivity contribution in [3.8, 4) is 0 Å². The minimum absolute atomic E-state index is 0.255. The Bertz CT molecular complexity index is 135. The Hall–Kier alpha value is 0.150. The van der Waals surface area contributed by atoms with Crippen LogP contribution in [-0.2, 0) is 13.6 Å². The van der Waals surface area contributed by atoms with E-state index >= 15 is 0 Å². The lowest BCUT2D eigenvalue weighted by atomic mass is 10.9. The molecule has 0 atom stereocenters. The monoisotopic (exact) mass is 162 g/mol. The van der Waals surface area contributed by atoms with Gasteiger partial charge >= 0.3 is 8.25 Å². The fraction of sp³-hybridized carbons (Fsp3) is 1.00. The molecule has 4 heteroatoms. The van der Waals surface area contributed by atoms with E-state index in [0.29, 0.717) is 0 Å². The van der Waals surface area contributed by atoms with E-state index in [-0.39, 0.29) is 12.2 Å². The summed E-state index contributed by atoms with van der Waals surface area (Å²) in [7, 11) is -2.11. The van der Waals surface area contributed by atoms with Gasteiger partial charge in [0, 0.05) is 0 Å². The Labute approximate surface area is 60.7 Å². The van der Waals surface area contributed by atoms with E-state index in [4.69, 9.17) is 9.05 Å². The van der Waals surface area contributed by atoms with Crippen molar-refractivity contribution in [1.82, 2.24) is 0 Å². The molecule has 0 radical (unpaired) electrons. The summed E-state index contributed by atoms with van der Waals surface area (Å²) in [4.78, 5) is 0. The lowest BCUT2D eigenvalue weighted by molar-refractivity contribution is 0.211. The minimum atomic E-state index is -2.11. The van der Waals surface area contributed by atoms with Crippen LogP contribution in [0.3, 0.4) is 0 Å². The molecule has 0 unspecified atom stereocenters. The van der Waals surface area contributed by atoms with Crippen molar-refractivity contribution in [2.45, 2.75) is 37.9 Å². The van der Waals surface area contributed by atoms with Gasteiger partial charge in [-0.15, -0.1) is 0 Å². The van der Waals surface area contributed by atoms with Crippen molar-refractivity contribution in [2.75, 3.05) is 0 Å². The van der Waals surface area contributed by atoms with Gasteiger partial charge in [-0.3, -0.25) is 4.57 Å². The predicted molar refractivity (Wildman–Crippen MR) is 37.2 cm³/mol. The molecule has 10 heavy (non-hydrogen) atoms. The highest BCUT2D eigenvalue weighted by Crippen LogP contribution is 2.41. The molecule has 0 aromatic carbocycles. The van der Waals surface area contributed by atoms with Crippen molar-refractivity contribution in [3.05, 3.63) is 0 Å². The first-order valence-electron chi connectivity index (χ1n) is 3.72. The van der Waals surface area contributed by atoms with Gasteiger partial charge in [0.05, 0.1) is 12.2 Å². The van der Waals surface area contributed by atoms with Gasteiger partial charge in [0.2, 0.25) is 0 Å². The second kappa shape index (κ2) is 2.65. The standard InChI is InChI=1S/C6H11O3P/c7-10(8-5-1-2-5)9-6-3-4-6/h5-6,10H,1-4H2. The van der Waals surface area contributed by atoms with Gasteiger partial charge in [-0.1, -0.05) is 0 Å². The summed E-state index contributed by atoms with van der Waals surface area (Å²) in [6, 6.07) is 0. The molecule has 2 rings (SSSR count). The Morgan fingerprint density at radius 3 is 1.70 bits per heavy atom. The summed E-state index contributed by atoms with van der Waals surface area (Å²) in [5.41, 5.74) is 0. The molecule has 3 nitrogen and oxygen atoms in total. The highest BCUT2D eigenvalue weighted by Gasteiger charge is 2.29. The van der Waals surface area contributed by atoms with Crippen molar-refractivity contribution >= 4 is 8.25 Å². The Balaban J connectivity index is 1.64. The lowest BCUT2D eigenvalue weighted by Crippen LogP contribution is -1.87. The molecule has 58 valence electrons. The molecule has 2 aliphatic rings. The summed E-state index contributed by atoms with van der Waals surface area (Å²) in [6.45, 7) is 0. The van der Waals surface area contributed by atoms with Crippen LogP contribution >= 0.6 is 8.25 Å². The van der Waals surface area contributed by atoms with Crippen LogP contribution in [-0.4, -0.2) is 12.2 Å². The summed E-state index contributed by atoms with van der Waals surface area (Å²) < 4.78 is 21.0. The second-order valence-corrected chi connectivity index (χ2v) is 3.86. The number of hydrogen-bond acceptors (Lipinski definition) is 3. The van der Waals surface area contributed by atoms with Crippen LogP contribution in [0.4, 0.5) is 0 Å². The van der Waals surface area contributed by atoms with Crippen LogP contribution in [0.25, 0.3) is 0 Å². The Morgan fingerprint density at radius 1 is 1.00 bits per heavy atom. The van der Waals surface area contributed by atoms with Crippen LogP contribution in [0.5, 0.6) is 0 Å². The quantitative estimate of drug-likeness (QED) is 0.590. The van der Waals surface area contributed by atoms with Crippen molar-refractivity contribution in [3.63, 3.8) is 0 Å². The first-order chi connectivity index (χ1) is 4.84. The van der Waals surface area contributed by atoms with E-state index in [1.54, 1.807) is 0 Å². The third-order valence-corrected chi connectivity index (χ3v) is 2.63. The van der Waals surface area contributed by atoms with Gasteiger partial charge in [0.15, 0.2) is 0 Å². The molecule has 0 aromatic heterocycles. The molecule has 0 aliphatic heterocycles. The fourth-order valence-electron chi connectivity index (χ4n) is 0.672. The smallest absolute Gasteiger partial charge is 0.307 e. The zero-order valence-corrected chi connectivity index (χ0v) is 6.71. The van der Waals surface area contributed by atoms with Crippen LogP contribution in [0, 0.1) is 0 Å². The van der Waals surface area contributed by atoms with Gasteiger partial charge < -0.3 is 9.05 Å². The molecule has 0 bridgehead atoms. The molecule has 0 spiro atoms. The van der Waals surface area contributed by atoms with E-state index in [2.05, 4.69) is 0 Å². The molecule has 0 saturated heterocycles. The minimum Gasteiger partial charge on any atom is -0.307 e. The van der Waals surface area contributed by atoms with Gasteiger partial charge in [-0.2, -0.15) is 0 Å². The van der Waals surface area contributed by atoms with Crippen molar-refractivity contribution < 1.29 is 13.6 Å². The van der Waals surface area contributed by atoms with E-state index in [1.165, 1.54) is 0 Å². The Kier molecular flexibility index (Phi) is 1.81. The fourth-order valence-corrected chi connectivity index (χ4v) is 1.74. The van der Waals surface area contributed by atoms with Crippen LogP contribution in [0.15, 0.2) is 0 Å². The van der Waals surface area contributed by atoms with Crippen LogP contribution in [0.1, 0.15) is 25.7 Å². The first-order valence-corrected chi connectivity index (χ1v) is 4.94. The zero-order valence-electron chi connectivity index (χ0n) is 5.71. The maximum Gasteiger partial charge on any atom is 0.319 e. The summed E-state index contributed by atoms with van der Waals surface area (Å²) in [5, 5.41) is 0. The van der Waals surface area contributed by atoms with Gasteiger partial charge in [-0.25, -0.2) is 0 Å². The number of rotatable bonds is 4. The average Bonchev–Trinajstić information content (AvgIpc) is 2.59. The molecular weight excluding hydrogens is 151 g/mol. The summed E-state index contributed by atoms with van der Waals surface area (Å²) >= 11 is 0. The van der Waals surface area contributed by atoms with E-state index < -0.39 is 8.25 Å². The number of hydrogen-bond donors (Lipinski definition) is 0. The topological polar surface area (TPSA) is 35.5 Å². The summed E-state index contributed by atoms with van der Waals surface area (Å²) in [6.07, 6.45) is 4.75. The van der Waals surface area contributed by atoms with Crippen molar-refractivity contribution in [2.24, 2.45) is 0 Å². The largest absolute Gasteiger partial charge is 0.319 e. The summed E-state index contributed by atoms with van der Waals surface area (Å²) in [5.74, 6) is 0. The second-order valence-electron chi connectivity index (χ2n) is 2.88. The van der Waals surface area contributed by atoms with Crippen LogP contribution < -0.4 is 0 Å². The van der Waals surface area contributed by atoms with Crippen LogP contribution in [0.2, 0.25) is 0 Å². The predicted octanol–water partition coefficient (Wildman–Crippen LogP) is 1.73. The Morgan fingerprint density at radius 2 is 1.40 bits per heavy atom. The molecule has 0 N–H and O–H groups in total. The maximum absolute atomic E-state index is 10.9. The maximum atomic E-state index is 10.9. The van der Waals surface area contributed by atoms with E-state index in [9.17, 15) is 4.57 Å². The molecular formula is C6H11O3P. The van der Waals surface area contributed by atoms with Crippen molar-refractivity contribution in [1.29, 1.82) is 0 Å². The van der Waals surface area contributed by atoms with E-state index in [1.807, 2.05) is 0 Å². The molecule has 0 amide bonds. The molecule has 0 heterocycles. The van der Waals surface area contributed by atoms with Gasteiger partial charge in [0.25, 0.3) is 0 Å². The normalized spacial score (nSPS) is 25.7. The average molecular weight is 162 g/mol. The van der Waals surface area contributed by atoms with E-state index in [0.717, 1.165) is 25.7 Å². The highest BCUT2D eigenvalue weighted by atomic mass is 31.1. The molecule has 2 fully saturated rings. The third kappa shape index (κ3) is 2.08. The SMILES string of the molecule is O=[PH](OC1CC1)OC1CC1. The molecule has 2 aliphatic carbocycles. The highest BCUT2D eigenvalue weighted by molar-refractivity contribution is 7.33. The first kappa shape index (κ1) is 6.84. The molecule has 0 aromatic rings. The zero-order chi connectivity index (χ0) is 6.97. The van der Waals surface area contributed by atoms with Gasteiger partial charge in [0.1, 0.15) is 0 Å². The third-order valence-electron chi connectivity index (χ3n) is 1.57.